The Bertz CT molecular complexity index is 1190. The standard InChI is InChI=1S/C22H20F2N6O2/c23-20(24)22-27-26-21(32-22)16-6-4-15(5-7-16)13-30-14-19(25-28-30)17-2-1-3-18(12-17)29-8-10-31-11-9-29/h1-7,12,14,20H,8-11,13H2. The molecule has 0 amide bonds. The van der Waals surface area contributed by atoms with E-state index in [-0.39, 0.29) is 5.89 Å². The Balaban J connectivity index is 1.28. The summed E-state index contributed by atoms with van der Waals surface area (Å²) in [6.45, 7) is 3.74. The lowest BCUT2D eigenvalue weighted by Crippen LogP contribution is -2.36. The molecule has 5 rings (SSSR count). The van der Waals surface area contributed by atoms with Crippen molar-refractivity contribution in [2.24, 2.45) is 0 Å². The van der Waals surface area contributed by atoms with Gasteiger partial charge in [-0.1, -0.05) is 29.5 Å². The zero-order valence-electron chi connectivity index (χ0n) is 17.1. The lowest BCUT2D eigenvalue weighted by atomic mass is 10.1. The first-order chi connectivity index (χ1) is 15.7. The Labute approximate surface area is 182 Å². The fraction of sp³-hybridized carbons (Fsp3) is 0.273. The third-order valence-corrected chi connectivity index (χ3v) is 5.23. The van der Waals surface area contributed by atoms with Gasteiger partial charge in [0.25, 0.3) is 5.89 Å². The number of morpholine rings is 1. The summed E-state index contributed by atoms with van der Waals surface area (Å²) in [5.74, 6) is -0.619. The minimum absolute atomic E-state index is 0.0649. The van der Waals surface area contributed by atoms with E-state index in [0.29, 0.717) is 12.1 Å². The van der Waals surface area contributed by atoms with Crippen LogP contribution in [0.1, 0.15) is 17.9 Å². The number of alkyl halides is 2. The highest BCUT2D eigenvalue weighted by molar-refractivity contribution is 5.65. The summed E-state index contributed by atoms with van der Waals surface area (Å²) in [7, 11) is 0. The molecule has 0 unspecified atom stereocenters. The second-order valence-corrected chi connectivity index (χ2v) is 7.39. The van der Waals surface area contributed by atoms with Crippen molar-refractivity contribution >= 4 is 5.69 Å². The molecule has 10 heteroatoms. The molecule has 0 N–H and O–H groups in total. The number of aromatic nitrogens is 5. The van der Waals surface area contributed by atoms with Crippen LogP contribution in [0, 0.1) is 0 Å². The molecule has 2 aromatic heterocycles. The molecule has 1 aliphatic heterocycles. The van der Waals surface area contributed by atoms with Crippen LogP contribution in [0.25, 0.3) is 22.7 Å². The predicted octanol–water partition coefficient (Wildman–Crippen LogP) is 3.82. The third kappa shape index (κ3) is 4.35. The van der Waals surface area contributed by atoms with E-state index in [1.807, 2.05) is 30.5 Å². The fourth-order valence-electron chi connectivity index (χ4n) is 3.57. The number of anilines is 1. The monoisotopic (exact) mass is 438 g/mol. The van der Waals surface area contributed by atoms with Crippen LogP contribution in [0.4, 0.5) is 14.5 Å². The maximum atomic E-state index is 12.6. The molecular weight excluding hydrogens is 418 g/mol. The Morgan fingerprint density at radius 3 is 2.50 bits per heavy atom. The molecule has 0 atom stereocenters. The van der Waals surface area contributed by atoms with Crippen LogP contribution in [0.2, 0.25) is 0 Å². The molecule has 0 saturated carbocycles. The van der Waals surface area contributed by atoms with Crippen LogP contribution in [0.15, 0.2) is 59.1 Å². The Morgan fingerprint density at radius 2 is 1.75 bits per heavy atom. The maximum absolute atomic E-state index is 12.6. The number of halogens is 2. The Kier molecular flexibility index (Phi) is 5.59. The molecule has 0 aliphatic carbocycles. The largest absolute Gasteiger partial charge is 0.415 e. The summed E-state index contributed by atoms with van der Waals surface area (Å²) >= 11 is 0. The van der Waals surface area contributed by atoms with E-state index in [0.717, 1.165) is 48.8 Å². The normalized spacial score (nSPS) is 14.3. The molecule has 164 valence electrons. The number of hydrogen-bond donors (Lipinski definition) is 0. The number of rotatable bonds is 6. The average molecular weight is 438 g/mol. The summed E-state index contributed by atoms with van der Waals surface area (Å²) in [6.07, 6.45) is -0.884. The van der Waals surface area contributed by atoms with Gasteiger partial charge in [-0.3, -0.25) is 0 Å². The van der Waals surface area contributed by atoms with Gasteiger partial charge in [0.1, 0.15) is 5.69 Å². The quantitative estimate of drug-likeness (QED) is 0.453. The van der Waals surface area contributed by atoms with Crippen LogP contribution in [-0.2, 0) is 11.3 Å². The summed E-state index contributed by atoms with van der Waals surface area (Å²) in [5, 5.41) is 15.6. The van der Waals surface area contributed by atoms with Crippen LogP contribution < -0.4 is 4.90 Å². The van der Waals surface area contributed by atoms with Crippen molar-refractivity contribution in [3.05, 3.63) is 66.2 Å². The molecule has 1 fully saturated rings. The Hall–Kier alpha value is -3.66. The van der Waals surface area contributed by atoms with Crippen molar-refractivity contribution < 1.29 is 17.9 Å². The minimum Gasteiger partial charge on any atom is -0.415 e. The lowest BCUT2D eigenvalue weighted by molar-refractivity contribution is 0.116. The van der Waals surface area contributed by atoms with Gasteiger partial charge in [0.15, 0.2) is 0 Å². The van der Waals surface area contributed by atoms with Gasteiger partial charge in [-0.2, -0.15) is 8.78 Å². The lowest BCUT2D eigenvalue weighted by Gasteiger charge is -2.29. The van der Waals surface area contributed by atoms with Crippen LogP contribution >= 0.6 is 0 Å². The zero-order valence-corrected chi connectivity index (χ0v) is 17.1. The molecule has 0 spiro atoms. The van der Waals surface area contributed by atoms with Crippen LogP contribution in [0.5, 0.6) is 0 Å². The fourth-order valence-corrected chi connectivity index (χ4v) is 3.57. The van der Waals surface area contributed by atoms with Crippen molar-refractivity contribution in [1.29, 1.82) is 0 Å². The molecule has 1 saturated heterocycles. The van der Waals surface area contributed by atoms with E-state index in [4.69, 9.17) is 9.15 Å². The highest BCUT2D eigenvalue weighted by atomic mass is 19.3. The van der Waals surface area contributed by atoms with E-state index in [2.05, 4.69) is 37.5 Å². The highest BCUT2D eigenvalue weighted by Gasteiger charge is 2.17. The third-order valence-electron chi connectivity index (χ3n) is 5.23. The number of nitrogens with zero attached hydrogens (tertiary/aromatic N) is 6. The molecule has 2 aromatic carbocycles. The first-order valence-corrected chi connectivity index (χ1v) is 10.2. The summed E-state index contributed by atoms with van der Waals surface area (Å²) in [4.78, 5) is 2.30. The molecule has 32 heavy (non-hydrogen) atoms. The van der Waals surface area contributed by atoms with E-state index < -0.39 is 12.3 Å². The first kappa shape index (κ1) is 20.3. The van der Waals surface area contributed by atoms with E-state index in [1.165, 1.54) is 0 Å². The molecule has 8 nitrogen and oxygen atoms in total. The number of ether oxygens (including phenoxy) is 1. The van der Waals surface area contributed by atoms with Gasteiger partial charge in [0.05, 0.1) is 26.0 Å². The van der Waals surface area contributed by atoms with Gasteiger partial charge in [-0.05, 0) is 29.8 Å². The summed E-state index contributed by atoms with van der Waals surface area (Å²) < 4.78 is 37.4. The molecule has 4 aromatic rings. The Morgan fingerprint density at radius 1 is 0.938 bits per heavy atom. The van der Waals surface area contributed by atoms with Crippen molar-refractivity contribution in [3.8, 4) is 22.7 Å². The van der Waals surface area contributed by atoms with Gasteiger partial charge in [0, 0.05) is 29.9 Å². The van der Waals surface area contributed by atoms with E-state index in [1.54, 1.807) is 16.8 Å². The average Bonchev–Trinajstić information content (AvgIpc) is 3.51. The minimum atomic E-state index is -2.79. The maximum Gasteiger partial charge on any atom is 0.314 e. The molecule has 3 heterocycles. The molecule has 0 bridgehead atoms. The predicted molar refractivity (Wildman–Crippen MR) is 112 cm³/mol. The van der Waals surface area contributed by atoms with Crippen molar-refractivity contribution in [1.82, 2.24) is 25.2 Å². The second kappa shape index (κ2) is 8.83. The topological polar surface area (TPSA) is 82.1 Å². The van der Waals surface area contributed by atoms with Crippen molar-refractivity contribution in [3.63, 3.8) is 0 Å². The van der Waals surface area contributed by atoms with Gasteiger partial charge < -0.3 is 14.1 Å². The summed E-state index contributed by atoms with van der Waals surface area (Å²) in [5.41, 5.74) is 4.49. The van der Waals surface area contributed by atoms with Gasteiger partial charge in [0.2, 0.25) is 5.89 Å². The highest BCUT2D eigenvalue weighted by Crippen LogP contribution is 2.25. The van der Waals surface area contributed by atoms with Crippen LogP contribution in [-0.4, -0.2) is 51.5 Å². The second-order valence-electron chi connectivity index (χ2n) is 7.39. The SMILES string of the molecule is FC(F)c1nnc(-c2ccc(Cn3cc(-c4cccc(N5CCOCC5)c4)nn3)cc2)o1. The van der Waals surface area contributed by atoms with Crippen LogP contribution in [0.3, 0.4) is 0 Å². The van der Waals surface area contributed by atoms with Crippen molar-refractivity contribution in [2.75, 3.05) is 31.2 Å². The first-order valence-electron chi connectivity index (χ1n) is 10.2. The van der Waals surface area contributed by atoms with Crippen molar-refractivity contribution in [2.45, 2.75) is 13.0 Å². The van der Waals surface area contributed by atoms with E-state index >= 15 is 0 Å². The molecule has 1 aliphatic rings. The van der Waals surface area contributed by atoms with Gasteiger partial charge >= 0.3 is 6.43 Å². The van der Waals surface area contributed by atoms with Gasteiger partial charge in [-0.25, -0.2) is 4.68 Å². The zero-order chi connectivity index (χ0) is 21.9. The van der Waals surface area contributed by atoms with Gasteiger partial charge in [-0.15, -0.1) is 15.3 Å². The molecular formula is C22H20F2N6O2. The van der Waals surface area contributed by atoms with E-state index in [9.17, 15) is 8.78 Å². The summed E-state index contributed by atoms with van der Waals surface area (Å²) in [6, 6.07) is 15.5. The molecule has 0 radical (unpaired) electrons. The smallest absolute Gasteiger partial charge is 0.314 e. The number of hydrogen-bond acceptors (Lipinski definition) is 7. The number of benzene rings is 2.